The number of rotatable bonds is 3. The zero-order valence-electron chi connectivity index (χ0n) is 8.74. The van der Waals surface area contributed by atoms with Gasteiger partial charge in [-0.2, -0.15) is 0 Å². The molecule has 3 heteroatoms. The second-order valence-electron chi connectivity index (χ2n) is 4.06. The van der Waals surface area contributed by atoms with Gasteiger partial charge in [0.15, 0.2) is 0 Å². The first-order chi connectivity index (χ1) is 7.15. The molecule has 15 heavy (non-hydrogen) atoms. The van der Waals surface area contributed by atoms with Crippen LogP contribution in [0.1, 0.15) is 30.9 Å². The maximum Gasteiger partial charge on any atom is 0.140 e. The SMILES string of the molecule is COc1ccc(C(O)C2(F)CCC2)cc1. The number of halogens is 1. The van der Waals surface area contributed by atoms with Gasteiger partial charge in [-0.15, -0.1) is 0 Å². The van der Waals surface area contributed by atoms with Gasteiger partial charge in [0.05, 0.1) is 7.11 Å². The molecule has 0 saturated heterocycles. The molecule has 1 atom stereocenters. The molecule has 2 nitrogen and oxygen atoms in total. The summed E-state index contributed by atoms with van der Waals surface area (Å²) in [5.74, 6) is 0.715. The zero-order valence-corrected chi connectivity index (χ0v) is 8.74. The summed E-state index contributed by atoms with van der Waals surface area (Å²) in [7, 11) is 1.58. The number of benzene rings is 1. The average Bonchev–Trinajstić information content (AvgIpc) is 2.25. The van der Waals surface area contributed by atoms with Gasteiger partial charge >= 0.3 is 0 Å². The van der Waals surface area contributed by atoms with Crippen molar-refractivity contribution in [3.8, 4) is 5.75 Å². The van der Waals surface area contributed by atoms with E-state index >= 15 is 0 Å². The van der Waals surface area contributed by atoms with E-state index in [-0.39, 0.29) is 0 Å². The van der Waals surface area contributed by atoms with Crippen molar-refractivity contribution in [3.63, 3.8) is 0 Å². The van der Waals surface area contributed by atoms with E-state index < -0.39 is 11.8 Å². The highest BCUT2D eigenvalue weighted by atomic mass is 19.1. The van der Waals surface area contributed by atoms with Crippen LogP contribution in [0, 0.1) is 0 Å². The van der Waals surface area contributed by atoms with Crippen molar-refractivity contribution in [2.24, 2.45) is 0 Å². The predicted octanol–water partition coefficient (Wildman–Crippen LogP) is 2.62. The first-order valence-electron chi connectivity index (χ1n) is 5.17. The fourth-order valence-electron chi connectivity index (χ4n) is 1.87. The zero-order chi connectivity index (χ0) is 10.9. The molecule has 0 aromatic heterocycles. The van der Waals surface area contributed by atoms with Crippen LogP contribution in [0.15, 0.2) is 24.3 Å². The van der Waals surface area contributed by atoms with Gasteiger partial charge in [0.2, 0.25) is 0 Å². The highest BCUT2D eigenvalue weighted by Gasteiger charge is 2.44. The molecule has 0 heterocycles. The normalized spacial score (nSPS) is 20.5. The molecule has 1 fully saturated rings. The molecule has 1 aromatic rings. The van der Waals surface area contributed by atoms with E-state index in [0.29, 0.717) is 24.2 Å². The summed E-state index contributed by atoms with van der Waals surface area (Å²) in [6.45, 7) is 0. The second kappa shape index (κ2) is 3.81. The number of hydrogen-bond acceptors (Lipinski definition) is 2. The van der Waals surface area contributed by atoms with Crippen molar-refractivity contribution >= 4 is 0 Å². The largest absolute Gasteiger partial charge is 0.497 e. The molecule has 2 rings (SSSR count). The van der Waals surface area contributed by atoms with Crippen LogP contribution >= 0.6 is 0 Å². The molecule has 0 bridgehead atoms. The molecule has 1 unspecified atom stereocenters. The lowest BCUT2D eigenvalue weighted by Gasteiger charge is -2.38. The van der Waals surface area contributed by atoms with Gasteiger partial charge in [0.1, 0.15) is 17.5 Å². The van der Waals surface area contributed by atoms with E-state index in [9.17, 15) is 9.50 Å². The van der Waals surface area contributed by atoms with Crippen LogP contribution < -0.4 is 4.74 Å². The van der Waals surface area contributed by atoms with Crippen molar-refractivity contribution in [2.75, 3.05) is 7.11 Å². The standard InChI is InChI=1S/C12H15FO2/c1-15-10-5-3-9(4-6-10)11(14)12(13)7-2-8-12/h3-6,11,14H,2,7-8H2,1H3. The summed E-state index contributed by atoms with van der Waals surface area (Å²) < 4.78 is 18.9. The van der Waals surface area contributed by atoms with Gasteiger partial charge in [-0.3, -0.25) is 0 Å². The van der Waals surface area contributed by atoms with Crippen LogP contribution in [0.3, 0.4) is 0 Å². The molecule has 82 valence electrons. The van der Waals surface area contributed by atoms with E-state index in [4.69, 9.17) is 4.74 Å². The maximum atomic E-state index is 13.9. The molecule has 1 N–H and O–H groups in total. The van der Waals surface area contributed by atoms with Crippen molar-refractivity contribution in [3.05, 3.63) is 29.8 Å². The molecule has 0 aliphatic heterocycles. The van der Waals surface area contributed by atoms with Crippen LogP contribution in [-0.4, -0.2) is 17.9 Å². The second-order valence-corrected chi connectivity index (χ2v) is 4.06. The third-order valence-corrected chi connectivity index (χ3v) is 3.11. The van der Waals surface area contributed by atoms with Gasteiger partial charge in [-0.1, -0.05) is 12.1 Å². The van der Waals surface area contributed by atoms with Crippen LogP contribution in [0.4, 0.5) is 4.39 Å². The Kier molecular flexibility index (Phi) is 2.65. The van der Waals surface area contributed by atoms with Gasteiger partial charge in [-0.05, 0) is 37.0 Å². The quantitative estimate of drug-likeness (QED) is 0.831. The molecular weight excluding hydrogens is 195 g/mol. The topological polar surface area (TPSA) is 29.5 Å². The molecule has 1 aromatic carbocycles. The maximum absolute atomic E-state index is 13.9. The predicted molar refractivity (Wildman–Crippen MR) is 55.6 cm³/mol. The van der Waals surface area contributed by atoms with E-state index in [2.05, 4.69) is 0 Å². The fourth-order valence-corrected chi connectivity index (χ4v) is 1.87. The Labute approximate surface area is 88.7 Å². The third kappa shape index (κ3) is 1.84. The van der Waals surface area contributed by atoms with Gasteiger partial charge in [-0.25, -0.2) is 4.39 Å². The van der Waals surface area contributed by atoms with Crippen LogP contribution in [0.2, 0.25) is 0 Å². The summed E-state index contributed by atoms with van der Waals surface area (Å²) >= 11 is 0. The number of aliphatic hydroxyl groups is 1. The number of aliphatic hydroxyl groups excluding tert-OH is 1. The highest BCUT2D eigenvalue weighted by Crippen LogP contribution is 2.45. The summed E-state index contributed by atoms with van der Waals surface area (Å²) in [4.78, 5) is 0. The summed E-state index contributed by atoms with van der Waals surface area (Å²) in [6, 6.07) is 6.90. The first kappa shape index (κ1) is 10.4. The summed E-state index contributed by atoms with van der Waals surface area (Å²) in [5.41, 5.74) is -0.785. The average molecular weight is 210 g/mol. The van der Waals surface area contributed by atoms with Gasteiger partial charge in [0.25, 0.3) is 0 Å². The van der Waals surface area contributed by atoms with Crippen LogP contribution in [0.25, 0.3) is 0 Å². The van der Waals surface area contributed by atoms with E-state index in [1.807, 2.05) is 0 Å². The lowest BCUT2D eigenvalue weighted by Crippen LogP contribution is -2.38. The Hall–Kier alpha value is -1.09. The third-order valence-electron chi connectivity index (χ3n) is 3.11. The first-order valence-corrected chi connectivity index (χ1v) is 5.17. The number of ether oxygens (including phenoxy) is 1. The smallest absolute Gasteiger partial charge is 0.140 e. The molecule has 0 spiro atoms. The summed E-state index contributed by atoms with van der Waals surface area (Å²) in [6.07, 6.45) is 0.779. The van der Waals surface area contributed by atoms with Crippen molar-refractivity contribution in [1.82, 2.24) is 0 Å². The fraction of sp³-hybridized carbons (Fsp3) is 0.500. The molecule has 0 radical (unpaired) electrons. The van der Waals surface area contributed by atoms with Gasteiger partial charge in [0, 0.05) is 0 Å². The molecule has 1 saturated carbocycles. The number of alkyl halides is 1. The van der Waals surface area contributed by atoms with Crippen LogP contribution in [-0.2, 0) is 0 Å². The minimum absolute atomic E-state index is 0.459. The molecule has 0 amide bonds. The van der Waals surface area contributed by atoms with E-state index in [0.717, 1.165) is 6.42 Å². The lowest BCUT2D eigenvalue weighted by molar-refractivity contribution is -0.0649. The van der Waals surface area contributed by atoms with Crippen molar-refractivity contribution in [1.29, 1.82) is 0 Å². The lowest BCUT2D eigenvalue weighted by atomic mass is 9.75. The Morgan fingerprint density at radius 1 is 1.33 bits per heavy atom. The number of hydrogen-bond donors (Lipinski definition) is 1. The summed E-state index contributed by atoms with van der Waals surface area (Å²) in [5, 5.41) is 9.85. The highest BCUT2D eigenvalue weighted by molar-refractivity contribution is 5.30. The van der Waals surface area contributed by atoms with Crippen molar-refractivity contribution < 1.29 is 14.2 Å². The van der Waals surface area contributed by atoms with E-state index in [1.165, 1.54) is 0 Å². The monoisotopic (exact) mass is 210 g/mol. The molecular formula is C12H15FO2. The van der Waals surface area contributed by atoms with Crippen LogP contribution in [0.5, 0.6) is 5.75 Å². The molecule has 1 aliphatic carbocycles. The van der Waals surface area contributed by atoms with Gasteiger partial charge < -0.3 is 9.84 Å². The number of methoxy groups -OCH3 is 1. The molecule has 1 aliphatic rings. The van der Waals surface area contributed by atoms with Crippen molar-refractivity contribution in [2.45, 2.75) is 31.0 Å². The minimum Gasteiger partial charge on any atom is -0.497 e. The Bertz CT molecular complexity index is 330. The Morgan fingerprint density at radius 3 is 2.33 bits per heavy atom. The van der Waals surface area contributed by atoms with E-state index in [1.54, 1.807) is 31.4 Å². The Morgan fingerprint density at radius 2 is 1.93 bits per heavy atom. The minimum atomic E-state index is -1.41. The Balaban J connectivity index is 2.14.